The summed E-state index contributed by atoms with van der Waals surface area (Å²) >= 11 is 6.77. The third kappa shape index (κ3) is 4.21. The predicted octanol–water partition coefficient (Wildman–Crippen LogP) is 1.60. The molecule has 1 aromatic rings. The molecule has 6 heteroatoms. The highest BCUT2D eigenvalue weighted by atomic mass is 32.1. The van der Waals surface area contributed by atoms with Crippen LogP contribution in [-0.4, -0.2) is 47.7 Å². The standard InChI is InChI=1S/C13H21N3OS2/c1-2-3-10-12(13(14)18)19-11(15-10)4-5-16-6-8-17-9-7-16/h2-9H2,1H3,(H2,14,18). The molecular weight excluding hydrogens is 278 g/mol. The zero-order valence-corrected chi connectivity index (χ0v) is 13.0. The second-order valence-electron chi connectivity index (χ2n) is 4.70. The van der Waals surface area contributed by atoms with Crippen molar-refractivity contribution in [2.45, 2.75) is 26.2 Å². The lowest BCUT2D eigenvalue weighted by atomic mass is 10.2. The first kappa shape index (κ1) is 14.8. The van der Waals surface area contributed by atoms with Crippen LogP contribution in [0.15, 0.2) is 0 Å². The summed E-state index contributed by atoms with van der Waals surface area (Å²) in [5.74, 6) is 0. The van der Waals surface area contributed by atoms with Crippen LogP contribution in [0, 0.1) is 0 Å². The second-order valence-corrected chi connectivity index (χ2v) is 6.23. The van der Waals surface area contributed by atoms with Crippen molar-refractivity contribution in [3.63, 3.8) is 0 Å². The van der Waals surface area contributed by atoms with Crippen LogP contribution in [-0.2, 0) is 17.6 Å². The van der Waals surface area contributed by atoms with Gasteiger partial charge in [0.05, 0.1) is 28.8 Å². The van der Waals surface area contributed by atoms with Gasteiger partial charge in [0.1, 0.15) is 4.99 Å². The first-order chi connectivity index (χ1) is 9.20. The molecule has 1 fully saturated rings. The Kier molecular flexibility index (Phi) is 5.69. The number of hydrogen-bond acceptors (Lipinski definition) is 5. The van der Waals surface area contributed by atoms with Gasteiger partial charge in [-0.3, -0.25) is 4.90 Å². The third-order valence-electron chi connectivity index (χ3n) is 3.20. The Morgan fingerprint density at radius 2 is 2.16 bits per heavy atom. The summed E-state index contributed by atoms with van der Waals surface area (Å²) < 4.78 is 5.35. The van der Waals surface area contributed by atoms with Crippen LogP contribution in [0.1, 0.15) is 28.9 Å². The van der Waals surface area contributed by atoms with Crippen LogP contribution >= 0.6 is 23.6 Å². The lowest BCUT2D eigenvalue weighted by Crippen LogP contribution is -2.37. The predicted molar refractivity (Wildman–Crippen MR) is 83.0 cm³/mol. The van der Waals surface area contributed by atoms with Gasteiger partial charge >= 0.3 is 0 Å². The lowest BCUT2D eigenvalue weighted by Gasteiger charge is -2.25. The summed E-state index contributed by atoms with van der Waals surface area (Å²) in [6, 6.07) is 0. The van der Waals surface area contributed by atoms with E-state index >= 15 is 0 Å². The van der Waals surface area contributed by atoms with Gasteiger partial charge in [0.15, 0.2) is 0 Å². The van der Waals surface area contributed by atoms with Crippen molar-refractivity contribution in [3.8, 4) is 0 Å². The van der Waals surface area contributed by atoms with Crippen molar-refractivity contribution >= 4 is 28.5 Å². The second kappa shape index (κ2) is 7.28. The number of morpholine rings is 1. The van der Waals surface area contributed by atoms with E-state index in [-0.39, 0.29) is 0 Å². The molecular formula is C13H21N3OS2. The van der Waals surface area contributed by atoms with E-state index in [1.165, 1.54) is 0 Å². The smallest absolute Gasteiger partial charge is 0.116 e. The van der Waals surface area contributed by atoms with E-state index in [1.807, 2.05) is 0 Å². The Morgan fingerprint density at radius 1 is 1.42 bits per heavy atom. The van der Waals surface area contributed by atoms with Crippen LogP contribution < -0.4 is 5.73 Å². The summed E-state index contributed by atoms with van der Waals surface area (Å²) in [6.07, 6.45) is 3.01. The van der Waals surface area contributed by atoms with Crippen molar-refractivity contribution in [2.75, 3.05) is 32.8 Å². The quantitative estimate of drug-likeness (QED) is 0.809. The fraction of sp³-hybridized carbons (Fsp3) is 0.692. The lowest BCUT2D eigenvalue weighted by molar-refractivity contribution is 0.0384. The fourth-order valence-electron chi connectivity index (χ4n) is 2.19. The highest BCUT2D eigenvalue weighted by Crippen LogP contribution is 2.21. The molecule has 106 valence electrons. The minimum atomic E-state index is 0.485. The third-order valence-corrected chi connectivity index (χ3v) is 4.72. The van der Waals surface area contributed by atoms with Crippen molar-refractivity contribution in [1.29, 1.82) is 0 Å². The van der Waals surface area contributed by atoms with Crippen LogP contribution in [0.3, 0.4) is 0 Å². The Morgan fingerprint density at radius 3 is 2.79 bits per heavy atom. The van der Waals surface area contributed by atoms with E-state index in [2.05, 4.69) is 11.8 Å². The van der Waals surface area contributed by atoms with E-state index in [0.717, 1.165) is 67.7 Å². The SMILES string of the molecule is CCCc1nc(CCN2CCOCC2)sc1C(N)=S. The van der Waals surface area contributed by atoms with Gasteiger partial charge in [-0.25, -0.2) is 4.98 Å². The molecule has 0 amide bonds. The molecule has 0 aromatic carbocycles. The number of nitrogens with zero attached hydrogens (tertiary/aromatic N) is 2. The van der Waals surface area contributed by atoms with Crippen molar-refractivity contribution in [3.05, 3.63) is 15.6 Å². The molecule has 2 N–H and O–H groups in total. The number of aryl methyl sites for hydroxylation is 1. The molecule has 1 aliphatic heterocycles. The molecule has 4 nitrogen and oxygen atoms in total. The van der Waals surface area contributed by atoms with Gasteiger partial charge < -0.3 is 10.5 Å². The topological polar surface area (TPSA) is 51.4 Å². The normalized spacial score (nSPS) is 16.7. The van der Waals surface area contributed by atoms with Crippen LogP contribution in [0.2, 0.25) is 0 Å². The van der Waals surface area contributed by atoms with E-state index in [9.17, 15) is 0 Å². The highest BCUT2D eigenvalue weighted by molar-refractivity contribution is 7.81. The van der Waals surface area contributed by atoms with Gasteiger partial charge in [-0.1, -0.05) is 25.6 Å². The molecule has 0 unspecified atom stereocenters. The summed E-state index contributed by atoms with van der Waals surface area (Å²) in [6.45, 7) is 6.92. The van der Waals surface area contributed by atoms with Crippen molar-refractivity contribution in [1.82, 2.24) is 9.88 Å². The minimum Gasteiger partial charge on any atom is -0.389 e. The maximum atomic E-state index is 5.77. The molecule has 19 heavy (non-hydrogen) atoms. The minimum absolute atomic E-state index is 0.485. The summed E-state index contributed by atoms with van der Waals surface area (Å²) in [5, 5.41) is 1.15. The molecule has 2 heterocycles. The zero-order valence-electron chi connectivity index (χ0n) is 11.4. The van der Waals surface area contributed by atoms with Gasteiger partial charge in [0.25, 0.3) is 0 Å². The van der Waals surface area contributed by atoms with Crippen LogP contribution in [0.25, 0.3) is 0 Å². The summed E-state index contributed by atoms with van der Waals surface area (Å²) in [7, 11) is 0. The molecule has 1 saturated heterocycles. The van der Waals surface area contributed by atoms with E-state index in [4.69, 9.17) is 27.7 Å². The molecule has 1 aliphatic rings. The number of rotatable bonds is 6. The maximum Gasteiger partial charge on any atom is 0.116 e. The molecule has 1 aromatic heterocycles. The number of ether oxygens (including phenoxy) is 1. The van der Waals surface area contributed by atoms with Crippen LogP contribution in [0.5, 0.6) is 0 Å². The molecule has 0 aliphatic carbocycles. The van der Waals surface area contributed by atoms with Crippen molar-refractivity contribution in [2.24, 2.45) is 5.73 Å². The molecule has 0 radical (unpaired) electrons. The maximum absolute atomic E-state index is 5.77. The number of nitrogens with two attached hydrogens (primary N) is 1. The van der Waals surface area contributed by atoms with Gasteiger partial charge in [0, 0.05) is 26.1 Å². The van der Waals surface area contributed by atoms with E-state index < -0.39 is 0 Å². The number of hydrogen-bond donors (Lipinski definition) is 1. The average Bonchev–Trinajstić information content (AvgIpc) is 2.81. The largest absolute Gasteiger partial charge is 0.389 e. The highest BCUT2D eigenvalue weighted by Gasteiger charge is 2.15. The van der Waals surface area contributed by atoms with Gasteiger partial charge in [-0.05, 0) is 6.42 Å². The molecule has 0 bridgehead atoms. The number of thiazole rings is 1. The molecule has 0 atom stereocenters. The van der Waals surface area contributed by atoms with Crippen LogP contribution in [0.4, 0.5) is 0 Å². The first-order valence-electron chi connectivity index (χ1n) is 6.79. The zero-order chi connectivity index (χ0) is 13.7. The molecule has 0 spiro atoms. The van der Waals surface area contributed by atoms with E-state index in [1.54, 1.807) is 11.3 Å². The van der Waals surface area contributed by atoms with E-state index in [0.29, 0.717) is 4.99 Å². The summed E-state index contributed by atoms with van der Waals surface area (Å²) in [5.41, 5.74) is 6.85. The van der Waals surface area contributed by atoms with Gasteiger partial charge in [0.2, 0.25) is 0 Å². The Bertz CT molecular complexity index is 428. The Labute approximate surface area is 124 Å². The Hall–Kier alpha value is -0.560. The fourth-order valence-corrected chi connectivity index (χ4v) is 3.38. The van der Waals surface area contributed by atoms with Gasteiger partial charge in [-0.15, -0.1) is 11.3 Å². The number of thiocarbonyl (C=S) groups is 1. The van der Waals surface area contributed by atoms with Gasteiger partial charge in [-0.2, -0.15) is 0 Å². The molecule has 2 rings (SSSR count). The van der Waals surface area contributed by atoms with Crippen molar-refractivity contribution < 1.29 is 4.74 Å². The summed E-state index contributed by atoms with van der Waals surface area (Å²) in [4.78, 5) is 8.61. The Balaban J connectivity index is 1.95. The number of aromatic nitrogens is 1. The monoisotopic (exact) mass is 299 g/mol. The first-order valence-corrected chi connectivity index (χ1v) is 8.01. The average molecular weight is 299 g/mol. The molecule has 0 saturated carbocycles.